The van der Waals surface area contributed by atoms with Gasteiger partial charge in [-0.1, -0.05) is 52.9 Å². The second-order valence-electron chi connectivity index (χ2n) is 5.34. The molecule has 1 saturated heterocycles. The molecule has 1 heterocycles. The lowest BCUT2D eigenvalue weighted by molar-refractivity contribution is -0.323. The van der Waals surface area contributed by atoms with E-state index in [9.17, 15) is 5.11 Å². The fraction of sp³-hybridized carbons (Fsp3) is 1.00. The number of hydrogen-bond donors (Lipinski definition) is 1. The molecule has 0 aromatic heterocycles. The van der Waals surface area contributed by atoms with Gasteiger partial charge < -0.3 is 14.6 Å². The van der Waals surface area contributed by atoms with Crippen molar-refractivity contribution in [3.63, 3.8) is 0 Å². The maximum atomic E-state index is 10.1. The Balaban J connectivity index is 2.51. The van der Waals surface area contributed by atoms with E-state index in [0.717, 1.165) is 32.1 Å². The predicted molar refractivity (Wildman–Crippen MR) is 73.2 cm³/mol. The monoisotopic (exact) mass is 258 g/mol. The van der Waals surface area contributed by atoms with Crippen LogP contribution in [0.4, 0.5) is 0 Å². The summed E-state index contributed by atoms with van der Waals surface area (Å²) < 4.78 is 11.5. The van der Waals surface area contributed by atoms with Crippen LogP contribution < -0.4 is 0 Å². The first-order valence-electron chi connectivity index (χ1n) is 7.71. The Morgan fingerprint density at radius 2 is 1.61 bits per heavy atom. The molecule has 0 aliphatic carbocycles. The standard InChI is InChI=1S/C15H30O3/c1-4-7-9-11-13-12(10-8-5-2)15(16)18-14(6-3)17-13/h12-16H,4-11H2,1-3H3. The van der Waals surface area contributed by atoms with Crippen LogP contribution in [0.5, 0.6) is 0 Å². The topological polar surface area (TPSA) is 38.7 Å². The van der Waals surface area contributed by atoms with E-state index in [2.05, 4.69) is 13.8 Å². The van der Waals surface area contributed by atoms with Gasteiger partial charge in [-0.15, -0.1) is 0 Å². The van der Waals surface area contributed by atoms with Crippen LogP contribution in [0, 0.1) is 5.92 Å². The number of ether oxygens (including phenoxy) is 2. The van der Waals surface area contributed by atoms with E-state index in [1.807, 2.05) is 6.92 Å². The molecule has 4 atom stereocenters. The largest absolute Gasteiger partial charge is 0.368 e. The van der Waals surface area contributed by atoms with Crippen molar-refractivity contribution in [2.75, 3.05) is 0 Å². The van der Waals surface area contributed by atoms with E-state index in [1.165, 1.54) is 19.3 Å². The van der Waals surface area contributed by atoms with Crippen molar-refractivity contribution in [3.8, 4) is 0 Å². The van der Waals surface area contributed by atoms with E-state index in [0.29, 0.717) is 0 Å². The molecular weight excluding hydrogens is 228 g/mol. The third kappa shape index (κ3) is 4.87. The van der Waals surface area contributed by atoms with Crippen molar-refractivity contribution in [1.29, 1.82) is 0 Å². The molecule has 0 saturated carbocycles. The van der Waals surface area contributed by atoms with Crippen LogP contribution in [0.15, 0.2) is 0 Å². The summed E-state index contributed by atoms with van der Waals surface area (Å²) in [7, 11) is 0. The van der Waals surface area contributed by atoms with Crippen molar-refractivity contribution in [2.45, 2.75) is 90.8 Å². The molecule has 1 aliphatic rings. The van der Waals surface area contributed by atoms with Gasteiger partial charge in [0.15, 0.2) is 12.6 Å². The van der Waals surface area contributed by atoms with Gasteiger partial charge in [-0.05, 0) is 19.3 Å². The van der Waals surface area contributed by atoms with E-state index in [4.69, 9.17) is 9.47 Å². The maximum absolute atomic E-state index is 10.1. The van der Waals surface area contributed by atoms with Crippen molar-refractivity contribution in [1.82, 2.24) is 0 Å². The summed E-state index contributed by atoms with van der Waals surface area (Å²) in [6.45, 7) is 6.42. The van der Waals surface area contributed by atoms with Gasteiger partial charge in [-0.2, -0.15) is 0 Å². The van der Waals surface area contributed by atoms with Crippen molar-refractivity contribution in [2.24, 2.45) is 5.92 Å². The van der Waals surface area contributed by atoms with Gasteiger partial charge in [0.05, 0.1) is 6.10 Å². The predicted octanol–water partition coefficient (Wildman–Crippen LogP) is 3.84. The second-order valence-corrected chi connectivity index (χ2v) is 5.34. The molecule has 1 rings (SSSR count). The Morgan fingerprint density at radius 3 is 2.22 bits per heavy atom. The number of aliphatic hydroxyl groups excluding tert-OH is 1. The molecule has 0 aromatic carbocycles. The molecule has 1 aliphatic heterocycles. The minimum absolute atomic E-state index is 0.157. The summed E-state index contributed by atoms with van der Waals surface area (Å²) in [4.78, 5) is 0. The van der Waals surface area contributed by atoms with Gasteiger partial charge in [0.25, 0.3) is 0 Å². The molecule has 18 heavy (non-hydrogen) atoms. The van der Waals surface area contributed by atoms with E-state index < -0.39 is 6.29 Å². The summed E-state index contributed by atoms with van der Waals surface area (Å²) in [6, 6.07) is 0. The Morgan fingerprint density at radius 1 is 0.889 bits per heavy atom. The number of aliphatic hydroxyl groups is 1. The lowest BCUT2D eigenvalue weighted by Gasteiger charge is -2.40. The molecule has 0 aromatic rings. The van der Waals surface area contributed by atoms with E-state index >= 15 is 0 Å². The van der Waals surface area contributed by atoms with Crippen LogP contribution in [-0.4, -0.2) is 23.8 Å². The number of rotatable bonds is 8. The first-order valence-corrected chi connectivity index (χ1v) is 7.71. The molecule has 0 spiro atoms. The smallest absolute Gasteiger partial charge is 0.162 e. The van der Waals surface area contributed by atoms with Crippen LogP contribution >= 0.6 is 0 Å². The zero-order valence-electron chi connectivity index (χ0n) is 12.2. The van der Waals surface area contributed by atoms with Crippen molar-refractivity contribution < 1.29 is 14.6 Å². The third-order valence-corrected chi connectivity index (χ3v) is 3.78. The molecule has 0 amide bonds. The minimum Gasteiger partial charge on any atom is -0.368 e. The molecule has 1 N–H and O–H groups in total. The summed E-state index contributed by atoms with van der Waals surface area (Å²) in [5, 5.41) is 10.1. The van der Waals surface area contributed by atoms with Gasteiger partial charge in [-0.3, -0.25) is 0 Å². The van der Waals surface area contributed by atoms with Gasteiger partial charge in [-0.25, -0.2) is 0 Å². The Hall–Kier alpha value is -0.120. The lowest BCUT2D eigenvalue weighted by Crippen LogP contribution is -2.46. The number of hydrogen-bond acceptors (Lipinski definition) is 3. The first kappa shape index (κ1) is 15.9. The molecule has 108 valence electrons. The normalized spacial score (nSPS) is 32.7. The highest BCUT2D eigenvalue weighted by Gasteiger charge is 2.36. The van der Waals surface area contributed by atoms with Crippen LogP contribution in [0.1, 0.15) is 72.1 Å². The lowest BCUT2D eigenvalue weighted by atomic mass is 9.90. The first-order chi connectivity index (χ1) is 8.72. The van der Waals surface area contributed by atoms with Gasteiger partial charge in [0.2, 0.25) is 0 Å². The highest BCUT2D eigenvalue weighted by Crippen LogP contribution is 2.31. The van der Waals surface area contributed by atoms with Crippen LogP contribution in [0.2, 0.25) is 0 Å². The Bertz CT molecular complexity index is 208. The Kier molecular flexibility index (Phi) is 7.87. The van der Waals surface area contributed by atoms with Crippen LogP contribution in [0.25, 0.3) is 0 Å². The summed E-state index contributed by atoms with van der Waals surface area (Å²) in [6.07, 6.45) is 8.14. The minimum atomic E-state index is -0.637. The molecule has 3 heteroatoms. The summed E-state index contributed by atoms with van der Waals surface area (Å²) in [5.74, 6) is 0.157. The molecule has 1 fully saturated rings. The van der Waals surface area contributed by atoms with E-state index in [-0.39, 0.29) is 18.3 Å². The SMILES string of the molecule is CCCCCC1OC(CC)OC(O)C1CCCC. The Labute approximate surface area is 112 Å². The van der Waals surface area contributed by atoms with Gasteiger partial charge in [0.1, 0.15) is 0 Å². The molecule has 0 radical (unpaired) electrons. The summed E-state index contributed by atoms with van der Waals surface area (Å²) in [5.41, 5.74) is 0. The van der Waals surface area contributed by atoms with E-state index in [1.54, 1.807) is 0 Å². The van der Waals surface area contributed by atoms with Crippen LogP contribution in [0.3, 0.4) is 0 Å². The molecule has 3 nitrogen and oxygen atoms in total. The zero-order valence-corrected chi connectivity index (χ0v) is 12.2. The molecule has 0 bridgehead atoms. The molecular formula is C15H30O3. The highest BCUT2D eigenvalue weighted by molar-refractivity contribution is 4.77. The second kappa shape index (κ2) is 8.89. The fourth-order valence-corrected chi connectivity index (χ4v) is 2.61. The van der Waals surface area contributed by atoms with Crippen LogP contribution in [-0.2, 0) is 9.47 Å². The van der Waals surface area contributed by atoms with Gasteiger partial charge >= 0.3 is 0 Å². The fourth-order valence-electron chi connectivity index (χ4n) is 2.61. The summed E-state index contributed by atoms with van der Waals surface area (Å²) >= 11 is 0. The zero-order chi connectivity index (χ0) is 13.4. The highest BCUT2D eigenvalue weighted by atomic mass is 16.7. The van der Waals surface area contributed by atoms with Crippen molar-refractivity contribution >= 4 is 0 Å². The third-order valence-electron chi connectivity index (χ3n) is 3.78. The van der Waals surface area contributed by atoms with Gasteiger partial charge in [0, 0.05) is 5.92 Å². The number of unbranched alkanes of at least 4 members (excludes halogenated alkanes) is 3. The van der Waals surface area contributed by atoms with Crippen molar-refractivity contribution in [3.05, 3.63) is 0 Å². The molecule has 4 unspecified atom stereocenters. The maximum Gasteiger partial charge on any atom is 0.162 e. The average molecular weight is 258 g/mol. The average Bonchev–Trinajstić information content (AvgIpc) is 2.37. The quantitative estimate of drug-likeness (QED) is 0.672.